The molecule has 1 saturated heterocycles. The van der Waals surface area contributed by atoms with Gasteiger partial charge in [0.15, 0.2) is 11.5 Å². The Labute approximate surface area is 147 Å². The van der Waals surface area contributed by atoms with Crippen LogP contribution in [0.2, 0.25) is 0 Å². The van der Waals surface area contributed by atoms with Crippen molar-refractivity contribution in [2.45, 2.75) is 38.5 Å². The summed E-state index contributed by atoms with van der Waals surface area (Å²) in [5, 5.41) is 4.27. The lowest BCUT2D eigenvalue weighted by Crippen LogP contribution is -2.52. The van der Waals surface area contributed by atoms with E-state index in [1.165, 1.54) is 0 Å². The van der Waals surface area contributed by atoms with Crippen molar-refractivity contribution in [3.05, 3.63) is 42.7 Å². The summed E-state index contributed by atoms with van der Waals surface area (Å²) in [6.45, 7) is 4.34. The summed E-state index contributed by atoms with van der Waals surface area (Å²) in [7, 11) is 0. The predicted molar refractivity (Wildman–Crippen MR) is 92.5 cm³/mol. The number of para-hydroxylation sites is 2. The van der Waals surface area contributed by atoms with Crippen molar-refractivity contribution in [2.75, 3.05) is 13.1 Å². The fraction of sp³-hybridized carbons (Fsp3) is 0.474. The molecule has 0 N–H and O–H groups in total. The number of nitrogens with zero attached hydrogens (tertiary/aromatic N) is 3. The summed E-state index contributed by atoms with van der Waals surface area (Å²) in [6.07, 6.45) is 4.91. The molecule has 1 fully saturated rings. The number of likely N-dealkylation sites (tertiary alicyclic amines) is 1. The van der Waals surface area contributed by atoms with Gasteiger partial charge in [-0.15, -0.1) is 0 Å². The first-order valence-electron chi connectivity index (χ1n) is 8.89. The summed E-state index contributed by atoms with van der Waals surface area (Å²) < 4.78 is 13.8. The minimum absolute atomic E-state index is 0.0274. The van der Waals surface area contributed by atoms with Crippen molar-refractivity contribution in [3.8, 4) is 11.5 Å². The second-order valence-electron chi connectivity index (χ2n) is 6.80. The maximum atomic E-state index is 12.9. The number of rotatable bonds is 3. The lowest BCUT2D eigenvalue weighted by atomic mass is 9.96. The number of benzene rings is 1. The van der Waals surface area contributed by atoms with Crippen molar-refractivity contribution >= 4 is 5.91 Å². The molecule has 25 heavy (non-hydrogen) atoms. The number of carbonyl (C=O) groups excluding carboxylic acids is 1. The summed E-state index contributed by atoms with van der Waals surface area (Å²) in [4.78, 5) is 14.8. The summed E-state index contributed by atoms with van der Waals surface area (Å²) >= 11 is 0. The van der Waals surface area contributed by atoms with Gasteiger partial charge in [-0.1, -0.05) is 12.1 Å². The second kappa shape index (κ2) is 6.78. The van der Waals surface area contributed by atoms with Gasteiger partial charge in [0.1, 0.15) is 6.10 Å². The molecule has 0 bridgehead atoms. The highest BCUT2D eigenvalue weighted by atomic mass is 16.6. The quantitative estimate of drug-likeness (QED) is 0.860. The molecule has 6 nitrogen and oxygen atoms in total. The first-order chi connectivity index (χ1) is 12.2. The van der Waals surface area contributed by atoms with E-state index in [4.69, 9.17) is 9.47 Å². The lowest BCUT2D eigenvalue weighted by Gasteiger charge is -2.37. The van der Waals surface area contributed by atoms with Gasteiger partial charge in [0, 0.05) is 32.0 Å². The molecule has 1 amide bonds. The lowest BCUT2D eigenvalue weighted by molar-refractivity contribution is -0.145. The van der Waals surface area contributed by atoms with E-state index in [2.05, 4.69) is 5.10 Å². The molecule has 2 unspecified atom stereocenters. The highest BCUT2D eigenvalue weighted by Gasteiger charge is 2.37. The van der Waals surface area contributed by atoms with Gasteiger partial charge in [-0.05, 0) is 43.9 Å². The number of fused-ring (bicyclic) bond motifs is 1. The fourth-order valence-corrected chi connectivity index (χ4v) is 3.58. The normalized spacial score (nSPS) is 23.5. The summed E-state index contributed by atoms with van der Waals surface area (Å²) in [5.41, 5.74) is 0. The van der Waals surface area contributed by atoms with Crippen LogP contribution in [0.5, 0.6) is 11.5 Å². The van der Waals surface area contributed by atoms with Crippen molar-refractivity contribution in [1.29, 1.82) is 0 Å². The first kappa shape index (κ1) is 16.0. The number of hydrogen-bond acceptors (Lipinski definition) is 4. The van der Waals surface area contributed by atoms with Gasteiger partial charge in [0.2, 0.25) is 6.10 Å². The van der Waals surface area contributed by atoms with Crippen molar-refractivity contribution < 1.29 is 14.3 Å². The van der Waals surface area contributed by atoms with E-state index in [0.29, 0.717) is 17.4 Å². The Morgan fingerprint density at radius 1 is 1.16 bits per heavy atom. The van der Waals surface area contributed by atoms with Gasteiger partial charge in [-0.25, -0.2) is 0 Å². The number of piperidine rings is 1. The molecule has 2 aromatic rings. The number of amides is 1. The van der Waals surface area contributed by atoms with Crippen LogP contribution in [0.4, 0.5) is 0 Å². The van der Waals surface area contributed by atoms with E-state index in [0.717, 1.165) is 32.5 Å². The average molecular weight is 341 g/mol. The second-order valence-corrected chi connectivity index (χ2v) is 6.80. The zero-order valence-corrected chi connectivity index (χ0v) is 14.4. The molecule has 0 aliphatic carbocycles. The monoisotopic (exact) mass is 341 g/mol. The van der Waals surface area contributed by atoms with Crippen LogP contribution in [0, 0.1) is 5.92 Å². The van der Waals surface area contributed by atoms with Crippen LogP contribution in [0.1, 0.15) is 19.8 Å². The van der Waals surface area contributed by atoms with Gasteiger partial charge < -0.3 is 14.4 Å². The van der Waals surface area contributed by atoms with Crippen LogP contribution in [0.3, 0.4) is 0 Å². The molecular weight excluding hydrogens is 318 g/mol. The Morgan fingerprint density at radius 3 is 2.56 bits per heavy atom. The van der Waals surface area contributed by atoms with Gasteiger partial charge in [-0.2, -0.15) is 5.10 Å². The highest BCUT2D eigenvalue weighted by molar-refractivity contribution is 5.82. The van der Waals surface area contributed by atoms with Crippen LogP contribution in [-0.2, 0) is 11.3 Å². The number of hydrogen-bond donors (Lipinski definition) is 0. The third kappa shape index (κ3) is 3.34. The molecule has 2 aliphatic heterocycles. The zero-order chi connectivity index (χ0) is 17.2. The largest absolute Gasteiger partial charge is 0.482 e. The minimum Gasteiger partial charge on any atom is -0.482 e. The molecule has 0 radical (unpaired) electrons. The molecule has 132 valence electrons. The van der Waals surface area contributed by atoms with Crippen molar-refractivity contribution in [2.24, 2.45) is 5.92 Å². The Morgan fingerprint density at radius 2 is 1.88 bits per heavy atom. The third-order valence-corrected chi connectivity index (χ3v) is 5.02. The van der Waals surface area contributed by atoms with Crippen LogP contribution in [0.25, 0.3) is 0 Å². The Bertz CT molecular complexity index is 723. The predicted octanol–water partition coefficient (Wildman–Crippen LogP) is 2.35. The third-order valence-electron chi connectivity index (χ3n) is 5.02. The van der Waals surface area contributed by atoms with Gasteiger partial charge >= 0.3 is 0 Å². The van der Waals surface area contributed by atoms with E-state index in [9.17, 15) is 4.79 Å². The molecule has 2 atom stereocenters. The molecule has 3 heterocycles. The van der Waals surface area contributed by atoms with Crippen LogP contribution in [0.15, 0.2) is 42.7 Å². The molecule has 0 saturated carbocycles. The molecule has 6 heteroatoms. The van der Waals surface area contributed by atoms with Crippen LogP contribution >= 0.6 is 0 Å². The van der Waals surface area contributed by atoms with Crippen LogP contribution in [-0.4, -0.2) is 45.9 Å². The summed E-state index contributed by atoms with van der Waals surface area (Å²) in [6, 6.07) is 9.45. The summed E-state index contributed by atoms with van der Waals surface area (Å²) in [5.74, 6) is 1.94. The molecule has 4 rings (SSSR count). The molecule has 1 aromatic carbocycles. The highest BCUT2D eigenvalue weighted by Crippen LogP contribution is 2.34. The smallest absolute Gasteiger partial charge is 0.267 e. The topological polar surface area (TPSA) is 56.6 Å². The fourth-order valence-electron chi connectivity index (χ4n) is 3.58. The van der Waals surface area contributed by atoms with E-state index in [1.807, 2.05) is 53.0 Å². The molecule has 1 aromatic heterocycles. The Hall–Kier alpha value is -2.50. The average Bonchev–Trinajstić information content (AvgIpc) is 3.14. The van der Waals surface area contributed by atoms with Gasteiger partial charge in [0.05, 0.1) is 0 Å². The number of aromatic nitrogens is 2. The number of carbonyl (C=O) groups is 1. The van der Waals surface area contributed by atoms with E-state index < -0.39 is 6.10 Å². The van der Waals surface area contributed by atoms with Crippen LogP contribution < -0.4 is 9.47 Å². The number of ether oxygens (including phenoxy) is 2. The Balaban J connectivity index is 1.36. The van der Waals surface area contributed by atoms with E-state index >= 15 is 0 Å². The SMILES string of the molecule is CC1Oc2ccccc2OC1C(=O)N1CCC(Cn2cccn2)CC1. The zero-order valence-electron chi connectivity index (χ0n) is 14.4. The molecule has 0 spiro atoms. The van der Waals surface area contributed by atoms with E-state index in [-0.39, 0.29) is 12.0 Å². The first-order valence-corrected chi connectivity index (χ1v) is 8.89. The Kier molecular flexibility index (Phi) is 4.34. The maximum absolute atomic E-state index is 12.9. The van der Waals surface area contributed by atoms with Crippen molar-refractivity contribution in [1.82, 2.24) is 14.7 Å². The minimum atomic E-state index is -0.572. The standard InChI is InChI=1S/C19H23N3O3/c1-14-18(25-17-6-3-2-5-16(17)24-14)19(23)21-11-7-15(8-12-21)13-22-10-4-9-20-22/h2-6,9-10,14-15,18H,7-8,11-13H2,1H3. The molecular formula is C19H23N3O3. The molecule has 2 aliphatic rings. The maximum Gasteiger partial charge on any atom is 0.267 e. The van der Waals surface area contributed by atoms with Gasteiger partial charge in [0.25, 0.3) is 5.91 Å². The van der Waals surface area contributed by atoms with Gasteiger partial charge in [-0.3, -0.25) is 9.48 Å². The van der Waals surface area contributed by atoms with E-state index in [1.54, 1.807) is 6.20 Å². The van der Waals surface area contributed by atoms with Crippen molar-refractivity contribution in [3.63, 3.8) is 0 Å².